The normalized spacial score (nSPS) is 21.7. The lowest BCUT2D eigenvalue weighted by Crippen LogP contribution is -2.32. The van der Waals surface area contributed by atoms with E-state index in [0.717, 1.165) is 23.8 Å². The number of piperidine rings is 1. The minimum absolute atomic E-state index is 0.0756. The summed E-state index contributed by atoms with van der Waals surface area (Å²) < 4.78 is 0. The van der Waals surface area contributed by atoms with Gasteiger partial charge in [0.25, 0.3) is 0 Å². The molecule has 0 saturated carbocycles. The zero-order valence-corrected chi connectivity index (χ0v) is 9.08. The van der Waals surface area contributed by atoms with Crippen LogP contribution in [0, 0.1) is 13.8 Å². The highest BCUT2D eigenvalue weighted by Crippen LogP contribution is 2.19. The van der Waals surface area contributed by atoms with Crippen molar-refractivity contribution in [3.05, 3.63) is 23.3 Å². The molecule has 4 heteroatoms. The first-order valence-corrected chi connectivity index (χ1v) is 5.22. The molecule has 1 aromatic rings. The summed E-state index contributed by atoms with van der Waals surface area (Å²) in [5.41, 5.74) is 1.89. The lowest BCUT2D eigenvalue weighted by molar-refractivity contribution is -0.120. The maximum atomic E-state index is 11.3. The Bertz CT molecular complexity index is 369. The zero-order chi connectivity index (χ0) is 10.8. The number of hydrogen-bond acceptors (Lipinski definition) is 4. The number of ketones is 1. The molecule has 0 aliphatic carbocycles. The van der Waals surface area contributed by atoms with Crippen molar-refractivity contribution in [1.82, 2.24) is 15.3 Å². The average molecular weight is 205 g/mol. The molecule has 15 heavy (non-hydrogen) atoms. The Hall–Kier alpha value is -1.29. The highest BCUT2D eigenvalue weighted by molar-refractivity contribution is 5.80. The fraction of sp³-hybridized carbons (Fsp3) is 0.545. The van der Waals surface area contributed by atoms with Crippen LogP contribution in [0.2, 0.25) is 0 Å². The van der Waals surface area contributed by atoms with E-state index in [9.17, 15) is 4.79 Å². The molecule has 2 rings (SSSR count). The van der Waals surface area contributed by atoms with E-state index in [-0.39, 0.29) is 6.04 Å². The first-order valence-electron chi connectivity index (χ1n) is 5.22. The molecule has 80 valence electrons. The fourth-order valence-electron chi connectivity index (χ4n) is 1.92. The van der Waals surface area contributed by atoms with Crippen LogP contribution in [0.4, 0.5) is 0 Å². The SMILES string of the molecule is Cc1cc(C2CC(=O)CCN2)nc(C)n1. The Morgan fingerprint density at radius 1 is 1.40 bits per heavy atom. The number of aryl methyl sites for hydroxylation is 2. The third-order valence-electron chi connectivity index (χ3n) is 2.57. The van der Waals surface area contributed by atoms with Crippen LogP contribution in [0.5, 0.6) is 0 Å². The summed E-state index contributed by atoms with van der Waals surface area (Å²) in [6, 6.07) is 2.02. The summed E-state index contributed by atoms with van der Waals surface area (Å²) in [7, 11) is 0. The molecule has 1 aliphatic rings. The van der Waals surface area contributed by atoms with Gasteiger partial charge < -0.3 is 5.32 Å². The number of Topliss-reactive ketones (excluding diaryl/α,β-unsaturated/α-hetero) is 1. The van der Waals surface area contributed by atoms with E-state index in [1.54, 1.807) is 0 Å². The largest absolute Gasteiger partial charge is 0.308 e. The third-order valence-corrected chi connectivity index (χ3v) is 2.57. The van der Waals surface area contributed by atoms with Crippen molar-refractivity contribution in [3.8, 4) is 0 Å². The molecule has 1 unspecified atom stereocenters. The molecule has 1 N–H and O–H groups in total. The molecule has 1 atom stereocenters. The van der Waals surface area contributed by atoms with Crippen molar-refractivity contribution in [1.29, 1.82) is 0 Å². The molecule has 0 radical (unpaired) electrons. The van der Waals surface area contributed by atoms with Crippen molar-refractivity contribution in [2.24, 2.45) is 0 Å². The topological polar surface area (TPSA) is 54.9 Å². The fourth-order valence-corrected chi connectivity index (χ4v) is 1.92. The number of hydrogen-bond donors (Lipinski definition) is 1. The highest BCUT2D eigenvalue weighted by Gasteiger charge is 2.21. The summed E-state index contributed by atoms with van der Waals surface area (Å²) >= 11 is 0. The second-order valence-corrected chi connectivity index (χ2v) is 3.98. The Kier molecular flexibility index (Phi) is 2.77. The maximum Gasteiger partial charge on any atom is 0.136 e. The molecule has 1 saturated heterocycles. The van der Waals surface area contributed by atoms with Gasteiger partial charge in [-0.25, -0.2) is 9.97 Å². The number of nitrogens with zero attached hydrogens (tertiary/aromatic N) is 2. The number of carbonyl (C=O) groups is 1. The minimum atomic E-state index is 0.0756. The smallest absolute Gasteiger partial charge is 0.136 e. The van der Waals surface area contributed by atoms with Gasteiger partial charge in [0.05, 0.1) is 11.7 Å². The van der Waals surface area contributed by atoms with Crippen LogP contribution in [0.15, 0.2) is 6.07 Å². The Labute approximate surface area is 89.1 Å². The molecule has 1 aliphatic heterocycles. The van der Waals surface area contributed by atoms with Crippen molar-refractivity contribution in [2.45, 2.75) is 32.7 Å². The number of carbonyl (C=O) groups excluding carboxylic acids is 1. The van der Waals surface area contributed by atoms with Gasteiger partial charge in [-0.2, -0.15) is 0 Å². The molecule has 4 nitrogen and oxygen atoms in total. The summed E-state index contributed by atoms with van der Waals surface area (Å²) in [4.78, 5) is 19.9. The molecule has 0 aromatic carbocycles. The summed E-state index contributed by atoms with van der Waals surface area (Å²) in [6.45, 7) is 4.58. The van der Waals surface area contributed by atoms with Gasteiger partial charge in [0.15, 0.2) is 0 Å². The Morgan fingerprint density at radius 2 is 2.20 bits per heavy atom. The first kappa shape index (κ1) is 10.2. The van der Waals surface area contributed by atoms with Gasteiger partial charge in [-0.1, -0.05) is 0 Å². The molecule has 0 amide bonds. The summed E-state index contributed by atoms with van der Waals surface area (Å²) in [5.74, 6) is 1.08. The van der Waals surface area contributed by atoms with Crippen molar-refractivity contribution in [2.75, 3.05) is 6.54 Å². The van der Waals surface area contributed by atoms with Gasteiger partial charge >= 0.3 is 0 Å². The van der Waals surface area contributed by atoms with E-state index in [2.05, 4.69) is 15.3 Å². The van der Waals surface area contributed by atoms with Crippen LogP contribution >= 0.6 is 0 Å². The van der Waals surface area contributed by atoms with Crippen LogP contribution in [0.1, 0.15) is 36.1 Å². The molecule has 1 aromatic heterocycles. The van der Waals surface area contributed by atoms with Crippen molar-refractivity contribution < 1.29 is 4.79 Å². The molecule has 1 fully saturated rings. The summed E-state index contributed by atoms with van der Waals surface area (Å²) in [5, 5.41) is 3.31. The monoisotopic (exact) mass is 205 g/mol. The molecule has 2 heterocycles. The second-order valence-electron chi connectivity index (χ2n) is 3.98. The first-order chi connectivity index (χ1) is 7.15. The quantitative estimate of drug-likeness (QED) is 0.745. The van der Waals surface area contributed by atoms with E-state index < -0.39 is 0 Å². The third kappa shape index (κ3) is 2.39. The lowest BCUT2D eigenvalue weighted by Gasteiger charge is -2.22. The maximum absolute atomic E-state index is 11.3. The summed E-state index contributed by atoms with van der Waals surface area (Å²) in [6.07, 6.45) is 1.19. The van der Waals surface area contributed by atoms with Crippen LogP contribution in [0.25, 0.3) is 0 Å². The van der Waals surface area contributed by atoms with Crippen LogP contribution in [0.3, 0.4) is 0 Å². The predicted octanol–water partition coefficient (Wildman–Crippen LogP) is 1.09. The number of rotatable bonds is 1. The van der Waals surface area contributed by atoms with Crippen molar-refractivity contribution >= 4 is 5.78 Å². The van der Waals surface area contributed by atoms with Crippen LogP contribution in [-0.2, 0) is 4.79 Å². The number of aromatic nitrogens is 2. The average Bonchev–Trinajstić information content (AvgIpc) is 2.16. The lowest BCUT2D eigenvalue weighted by atomic mass is 10.0. The highest BCUT2D eigenvalue weighted by atomic mass is 16.1. The Balaban J connectivity index is 2.24. The van der Waals surface area contributed by atoms with E-state index >= 15 is 0 Å². The van der Waals surface area contributed by atoms with E-state index in [1.807, 2.05) is 19.9 Å². The zero-order valence-electron chi connectivity index (χ0n) is 9.08. The Morgan fingerprint density at radius 3 is 2.87 bits per heavy atom. The van der Waals surface area contributed by atoms with Crippen LogP contribution < -0.4 is 5.32 Å². The van der Waals surface area contributed by atoms with E-state index in [1.165, 1.54) is 0 Å². The van der Waals surface area contributed by atoms with E-state index in [0.29, 0.717) is 18.6 Å². The number of nitrogens with one attached hydrogen (secondary N) is 1. The standard InChI is InChI=1S/C11H15N3O/c1-7-5-11(14-8(2)13-7)10-6-9(15)3-4-12-10/h5,10,12H,3-4,6H2,1-2H3. The molecule has 0 spiro atoms. The van der Waals surface area contributed by atoms with Gasteiger partial charge in [-0.05, 0) is 19.9 Å². The second kappa shape index (κ2) is 4.06. The molecular weight excluding hydrogens is 190 g/mol. The molecule has 0 bridgehead atoms. The predicted molar refractivity (Wildman–Crippen MR) is 56.5 cm³/mol. The van der Waals surface area contributed by atoms with E-state index in [4.69, 9.17) is 0 Å². The molecular formula is C11H15N3O. The van der Waals surface area contributed by atoms with Crippen molar-refractivity contribution in [3.63, 3.8) is 0 Å². The van der Waals surface area contributed by atoms with Gasteiger partial charge in [0.1, 0.15) is 11.6 Å². The van der Waals surface area contributed by atoms with Gasteiger partial charge in [0.2, 0.25) is 0 Å². The van der Waals surface area contributed by atoms with Crippen LogP contribution in [-0.4, -0.2) is 22.3 Å². The van der Waals surface area contributed by atoms with Gasteiger partial charge in [-0.3, -0.25) is 4.79 Å². The minimum Gasteiger partial charge on any atom is -0.308 e. The van der Waals surface area contributed by atoms with Gasteiger partial charge in [-0.15, -0.1) is 0 Å². The van der Waals surface area contributed by atoms with Gasteiger partial charge in [0, 0.05) is 25.1 Å².